The van der Waals surface area contributed by atoms with E-state index in [4.69, 9.17) is 4.74 Å². The molecule has 56 heavy (non-hydrogen) atoms. The first-order valence-electron chi connectivity index (χ1n) is 19.1. The van der Waals surface area contributed by atoms with Crippen molar-refractivity contribution >= 4 is 17.1 Å². The van der Waals surface area contributed by atoms with Gasteiger partial charge in [0.15, 0.2) is 0 Å². The molecule has 0 bridgehead atoms. The van der Waals surface area contributed by atoms with Crippen LogP contribution >= 0.6 is 0 Å². The van der Waals surface area contributed by atoms with Crippen LogP contribution in [0.25, 0.3) is 66.8 Å². The lowest BCUT2D eigenvalue weighted by Crippen LogP contribution is -2.11. The van der Waals surface area contributed by atoms with Gasteiger partial charge in [0.25, 0.3) is 0 Å². The number of fused-ring (bicyclic) bond motifs is 5. The monoisotopic (exact) mass is 715 g/mol. The summed E-state index contributed by atoms with van der Waals surface area (Å²) >= 11 is 0. The van der Waals surface area contributed by atoms with Gasteiger partial charge >= 0.3 is 0 Å². The summed E-state index contributed by atoms with van der Waals surface area (Å²) in [6.45, 7) is 0. The van der Waals surface area contributed by atoms with E-state index in [0.29, 0.717) is 0 Å². The van der Waals surface area contributed by atoms with Crippen LogP contribution in [0.2, 0.25) is 0 Å². The zero-order chi connectivity index (χ0) is 37.3. The van der Waals surface area contributed by atoms with E-state index in [1.807, 2.05) is 0 Å². The molecule has 0 saturated heterocycles. The molecule has 0 spiro atoms. The van der Waals surface area contributed by atoms with Crippen LogP contribution < -0.4 is 9.64 Å². The maximum absolute atomic E-state index is 6.98. The van der Waals surface area contributed by atoms with Crippen LogP contribution in [0.4, 0.5) is 17.1 Å². The average molecular weight is 716 g/mol. The maximum Gasteiger partial charge on any atom is 0.137 e. The van der Waals surface area contributed by atoms with Gasteiger partial charge in [0.05, 0.1) is 5.69 Å². The van der Waals surface area contributed by atoms with Gasteiger partial charge in [-0.1, -0.05) is 182 Å². The Balaban J connectivity index is 1.12. The van der Waals surface area contributed by atoms with E-state index in [9.17, 15) is 0 Å². The topological polar surface area (TPSA) is 12.5 Å². The lowest BCUT2D eigenvalue weighted by Gasteiger charge is -2.29. The Morgan fingerprint density at radius 2 is 0.607 bits per heavy atom. The van der Waals surface area contributed by atoms with Crippen LogP contribution in [0, 0.1) is 0 Å². The first-order valence-corrected chi connectivity index (χ1v) is 19.1. The van der Waals surface area contributed by atoms with Crippen molar-refractivity contribution in [3.63, 3.8) is 0 Å². The number of anilines is 3. The Bertz CT molecular complexity index is 2780. The van der Waals surface area contributed by atoms with Crippen molar-refractivity contribution in [2.24, 2.45) is 0 Å². The molecule has 0 fully saturated rings. The van der Waals surface area contributed by atoms with Crippen molar-refractivity contribution in [2.75, 3.05) is 4.90 Å². The second-order valence-corrected chi connectivity index (χ2v) is 14.1. The van der Waals surface area contributed by atoms with Crippen molar-refractivity contribution in [3.05, 3.63) is 224 Å². The first-order chi connectivity index (χ1) is 27.8. The second-order valence-electron chi connectivity index (χ2n) is 14.1. The molecule has 2 nitrogen and oxygen atoms in total. The summed E-state index contributed by atoms with van der Waals surface area (Å²) in [4.78, 5) is 2.37. The Kier molecular flexibility index (Phi) is 8.55. The number of hydrogen-bond donors (Lipinski definition) is 0. The molecule has 10 rings (SSSR count). The van der Waals surface area contributed by atoms with Gasteiger partial charge in [-0.2, -0.15) is 0 Å². The molecule has 1 aliphatic rings. The quantitative estimate of drug-likeness (QED) is 0.163. The molecule has 0 atom stereocenters. The minimum absolute atomic E-state index is 0.819. The maximum atomic E-state index is 6.98. The zero-order valence-corrected chi connectivity index (χ0v) is 30.7. The molecule has 0 N–H and O–H groups in total. The molecule has 9 aromatic rings. The molecular formula is C54H37NO. The minimum Gasteiger partial charge on any atom is -0.456 e. The van der Waals surface area contributed by atoms with E-state index in [0.717, 1.165) is 67.5 Å². The lowest BCUT2D eigenvalue weighted by atomic mass is 9.88. The lowest BCUT2D eigenvalue weighted by molar-refractivity contribution is 0.488. The summed E-state index contributed by atoms with van der Waals surface area (Å²) in [7, 11) is 0. The third-order valence-electron chi connectivity index (χ3n) is 10.7. The molecule has 0 unspecified atom stereocenters. The standard InChI is InChI=1S/C54H37NO/c1-4-14-38(15-5-1)40-26-28-41(29-27-40)43-32-36-46(37-33-43)55(45-34-30-42(31-35-45)39-16-6-2-7-17-39)50-23-13-25-52-54(50)49-21-11-10-20-48(49)53-47(22-12-24-51(53)56-52)44-18-8-3-9-19-44/h1-37H. The Labute approximate surface area is 328 Å². The first kappa shape index (κ1) is 33.2. The average Bonchev–Trinajstić information content (AvgIpc) is 3.43. The fourth-order valence-corrected chi connectivity index (χ4v) is 8.00. The van der Waals surface area contributed by atoms with Gasteiger partial charge in [0, 0.05) is 22.5 Å². The molecule has 1 heterocycles. The Morgan fingerprint density at radius 1 is 0.250 bits per heavy atom. The summed E-state index contributed by atoms with van der Waals surface area (Å²) in [5.41, 5.74) is 17.0. The van der Waals surface area contributed by atoms with Gasteiger partial charge in [-0.15, -0.1) is 0 Å². The Hall–Kier alpha value is -7.42. The second kappa shape index (κ2) is 14.4. The van der Waals surface area contributed by atoms with E-state index in [-0.39, 0.29) is 0 Å². The molecule has 0 aliphatic carbocycles. The van der Waals surface area contributed by atoms with Crippen molar-refractivity contribution in [3.8, 4) is 78.3 Å². The molecule has 9 aromatic carbocycles. The number of ether oxygens (including phenoxy) is 1. The van der Waals surface area contributed by atoms with Gasteiger partial charge in [-0.05, 0) is 98.1 Å². The number of nitrogens with zero attached hydrogens (tertiary/aromatic N) is 1. The predicted molar refractivity (Wildman–Crippen MR) is 234 cm³/mol. The summed E-state index contributed by atoms with van der Waals surface area (Å²) in [6.07, 6.45) is 0. The van der Waals surface area contributed by atoms with Crippen molar-refractivity contribution in [1.29, 1.82) is 0 Å². The van der Waals surface area contributed by atoms with Crippen LogP contribution in [-0.4, -0.2) is 0 Å². The van der Waals surface area contributed by atoms with Crippen LogP contribution in [-0.2, 0) is 0 Å². The predicted octanol–water partition coefficient (Wildman–Crippen LogP) is 15.3. The van der Waals surface area contributed by atoms with Gasteiger partial charge in [0.2, 0.25) is 0 Å². The highest BCUT2D eigenvalue weighted by Gasteiger charge is 2.28. The van der Waals surface area contributed by atoms with Crippen molar-refractivity contribution < 1.29 is 4.74 Å². The smallest absolute Gasteiger partial charge is 0.137 e. The highest BCUT2D eigenvalue weighted by Crippen LogP contribution is 2.54. The molecule has 2 heteroatoms. The van der Waals surface area contributed by atoms with E-state index < -0.39 is 0 Å². The van der Waals surface area contributed by atoms with Crippen LogP contribution in [0.15, 0.2) is 224 Å². The van der Waals surface area contributed by atoms with Gasteiger partial charge in [0.1, 0.15) is 11.5 Å². The van der Waals surface area contributed by atoms with Gasteiger partial charge in [-0.25, -0.2) is 0 Å². The molecule has 0 radical (unpaired) electrons. The molecule has 0 aromatic heterocycles. The highest BCUT2D eigenvalue weighted by molar-refractivity contribution is 6.02. The van der Waals surface area contributed by atoms with E-state index >= 15 is 0 Å². The van der Waals surface area contributed by atoms with Crippen LogP contribution in [0.1, 0.15) is 0 Å². The third kappa shape index (κ3) is 6.14. The fraction of sp³-hybridized carbons (Fsp3) is 0. The summed E-state index contributed by atoms with van der Waals surface area (Å²) in [5.74, 6) is 1.66. The molecule has 0 amide bonds. The van der Waals surface area contributed by atoms with Crippen LogP contribution in [0.5, 0.6) is 11.5 Å². The molecule has 264 valence electrons. The fourth-order valence-electron chi connectivity index (χ4n) is 8.00. The third-order valence-corrected chi connectivity index (χ3v) is 10.7. The van der Waals surface area contributed by atoms with E-state index in [1.54, 1.807) is 0 Å². The zero-order valence-electron chi connectivity index (χ0n) is 30.7. The molecular weight excluding hydrogens is 679 g/mol. The highest BCUT2D eigenvalue weighted by atomic mass is 16.5. The van der Waals surface area contributed by atoms with Crippen LogP contribution in [0.3, 0.4) is 0 Å². The summed E-state index contributed by atoms with van der Waals surface area (Å²) in [5, 5.41) is 0. The molecule has 0 saturated carbocycles. The normalized spacial score (nSPS) is 11.4. The van der Waals surface area contributed by atoms with Gasteiger partial charge in [-0.3, -0.25) is 0 Å². The Morgan fingerprint density at radius 3 is 1.11 bits per heavy atom. The number of benzene rings is 9. The summed E-state index contributed by atoms with van der Waals surface area (Å²) in [6, 6.07) is 79.8. The number of hydrogen-bond acceptors (Lipinski definition) is 2. The minimum atomic E-state index is 0.819. The van der Waals surface area contributed by atoms with E-state index in [1.165, 1.54) is 27.8 Å². The largest absolute Gasteiger partial charge is 0.456 e. The summed E-state index contributed by atoms with van der Waals surface area (Å²) < 4.78 is 6.98. The number of rotatable bonds is 7. The SMILES string of the molecule is c1ccc(-c2ccc(-c3ccc(N(c4ccc(-c5ccccc5)cc4)c4cccc5c4-c4ccccc4-c4c(cccc4-c4ccccc4)O5)cc3)cc2)cc1. The van der Waals surface area contributed by atoms with Crippen molar-refractivity contribution in [2.45, 2.75) is 0 Å². The van der Waals surface area contributed by atoms with Gasteiger partial charge < -0.3 is 9.64 Å². The van der Waals surface area contributed by atoms with E-state index in [2.05, 4.69) is 229 Å². The molecule has 1 aliphatic heterocycles. The van der Waals surface area contributed by atoms with Crippen molar-refractivity contribution in [1.82, 2.24) is 0 Å².